The van der Waals surface area contributed by atoms with Crippen LogP contribution < -0.4 is 5.32 Å². The maximum absolute atomic E-state index is 11.7. The molecule has 0 atom stereocenters. The average molecular weight is 350 g/mol. The van der Waals surface area contributed by atoms with E-state index in [2.05, 4.69) is 53.6 Å². The fourth-order valence-corrected chi connectivity index (χ4v) is 3.79. The minimum absolute atomic E-state index is 0.00257. The molecular formula is C21H22N2OS. The lowest BCUT2D eigenvalue weighted by atomic mass is 10.0. The summed E-state index contributed by atoms with van der Waals surface area (Å²) >= 11 is 1.58. The number of carbonyl (C=O) groups is 1. The molecule has 1 heterocycles. The summed E-state index contributed by atoms with van der Waals surface area (Å²) < 4.78 is 0. The van der Waals surface area contributed by atoms with Crippen molar-refractivity contribution in [2.75, 3.05) is 5.32 Å². The molecule has 1 aromatic heterocycles. The number of thiazole rings is 1. The molecule has 3 rings (SSSR count). The molecule has 0 bridgehead atoms. The maximum atomic E-state index is 11.7. The molecule has 0 aliphatic rings. The largest absolute Gasteiger partial charge is 0.302 e. The van der Waals surface area contributed by atoms with Crippen molar-refractivity contribution >= 4 is 22.4 Å². The Morgan fingerprint density at radius 1 is 0.960 bits per heavy atom. The van der Waals surface area contributed by atoms with E-state index in [-0.39, 0.29) is 5.91 Å². The summed E-state index contributed by atoms with van der Waals surface area (Å²) in [6.07, 6.45) is 2.48. The highest BCUT2D eigenvalue weighted by atomic mass is 32.1. The molecule has 0 fully saturated rings. The number of carbonyl (C=O) groups excluding carboxylic acids is 1. The van der Waals surface area contributed by atoms with E-state index in [1.54, 1.807) is 11.3 Å². The van der Waals surface area contributed by atoms with Crippen LogP contribution in [0.4, 0.5) is 5.13 Å². The zero-order chi connectivity index (χ0) is 17.6. The second-order valence-electron chi connectivity index (χ2n) is 5.89. The first-order valence-electron chi connectivity index (χ1n) is 8.66. The van der Waals surface area contributed by atoms with Gasteiger partial charge in [-0.2, -0.15) is 0 Å². The van der Waals surface area contributed by atoms with Crippen molar-refractivity contribution in [1.82, 2.24) is 4.98 Å². The van der Waals surface area contributed by atoms with Gasteiger partial charge < -0.3 is 5.32 Å². The molecule has 1 N–H and O–H groups in total. The molecule has 128 valence electrons. The van der Waals surface area contributed by atoms with Crippen LogP contribution in [0.5, 0.6) is 0 Å². The van der Waals surface area contributed by atoms with Crippen LogP contribution in [0, 0.1) is 0 Å². The predicted molar refractivity (Wildman–Crippen MR) is 106 cm³/mol. The minimum atomic E-state index is 0.00257. The molecule has 0 radical (unpaired) electrons. The average Bonchev–Trinajstić information content (AvgIpc) is 3.05. The molecule has 25 heavy (non-hydrogen) atoms. The summed E-state index contributed by atoms with van der Waals surface area (Å²) in [5.41, 5.74) is 4.47. The Hall–Kier alpha value is -2.46. The van der Waals surface area contributed by atoms with Gasteiger partial charge in [-0.05, 0) is 17.5 Å². The molecule has 4 heteroatoms. The number of hydrogen-bond acceptors (Lipinski definition) is 3. The summed E-state index contributed by atoms with van der Waals surface area (Å²) in [7, 11) is 0. The van der Waals surface area contributed by atoms with E-state index < -0.39 is 0 Å². The topological polar surface area (TPSA) is 42.0 Å². The Labute approximate surface area is 152 Å². The summed E-state index contributed by atoms with van der Waals surface area (Å²) in [6.45, 7) is 4.01. The fourth-order valence-electron chi connectivity index (χ4n) is 2.69. The zero-order valence-electron chi connectivity index (χ0n) is 14.6. The van der Waals surface area contributed by atoms with Crippen LogP contribution in [0.2, 0.25) is 0 Å². The van der Waals surface area contributed by atoms with E-state index in [4.69, 9.17) is 0 Å². The third-order valence-corrected chi connectivity index (χ3v) is 5.04. The van der Waals surface area contributed by atoms with Crippen LogP contribution in [-0.4, -0.2) is 10.9 Å². The van der Waals surface area contributed by atoms with Gasteiger partial charge in [0, 0.05) is 16.9 Å². The number of anilines is 1. The normalized spacial score (nSPS) is 10.6. The van der Waals surface area contributed by atoms with Crippen LogP contribution >= 0.6 is 11.3 Å². The van der Waals surface area contributed by atoms with E-state index in [9.17, 15) is 4.79 Å². The van der Waals surface area contributed by atoms with E-state index >= 15 is 0 Å². The summed E-state index contributed by atoms with van der Waals surface area (Å²) in [5.74, 6) is 0.00257. The van der Waals surface area contributed by atoms with Crippen LogP contribution in [0.25, 0.3) is 22.4 Å². The zero-order valence-corrected chi connectivity index (χ0v) is 15.4. The molecule has 0 saturated heterocycles. The second-order valence-corrected chi connectivity index (χ2v) is 6.97. The third kappa shape index (κ3) is 4.15. The molecule has 0 aliphatic heterocycles. The lowest BCUT2D eigenvalue weighted by Gasteiger charge is -2.04. The first-order chi connectivity index (χ1) is 12.2. The summed E-state index contributed by atoms with van der Waals surface area (Å²) in [4.78, 5) is 17.6. The van der Waals surface area contributed by atoms with Crippen molar-refractivity contribution in [2.24, 2.45) is 0 Å². The third-order valence-electron chi connectivity index (χ3n) is 4.01. The van der Waals surface area contributed by atoms with Crippen molar-refractivity contribution in [3.8, 4) is 22.4 Å². The lowest BCUT2D eigenvalue weighted by molar-refractivity contribution is -0.115. The van der Waals surface area contributed by atoms with E-state index in [1.165, 1.54) is 16.0 Å². The van der Waals surface area contributed by atoms with Gasteiger partial charge >= 0.3 is 0 Å². The monoisotopic (exact) mass is 350 g/mol. The highest BCUT2D eigenvalue weighted by Gasteiger charge is 2.14. The van der Waals surface area contributed by atoms with Gasteiger partial charge in [0.25, 0.3) is 0 Å². The first kappa shape index (κ1) is 17.4. The Kier molecular flexibility index (Phi) is 5.61. The molecule has 0 saturated carbocycles. The number of hydrogen-bond donors (Lipinski definition) is 1. The predicted octanol–water partition coefficient (Wildman–Crippen LogP) is 5.78. The number of nitrogens with one attached hydrogen (secondary N) is 1. The van der Waals surface area contributed by atoms with Gasteiger partial charge in [0.1, 0.15) is 0 Å². The SMILES string of the molecule is CCCc1sc(NC(=O)CC)nc1-c1ccc(-c2ccccc2)cc1. The van der Waals surface area contributed by atoms with Gasteiger partial charge in [-0.15, -0.1) is 11.3 Å². The van der Waals surface area contributed by atoms with Gasteiger partial charge in [-0.25, -0.2) is 4.98 Å². The van der Waals surface area contributed by atoms with Crippen LogP contribution in [0.3, 0.4) is 0 Å². The number of nitrogens with zero attached hydrogens (tertiary/aromatic N) is 1. The first-order valence-corrected chi connectivity index (χ1v) is 9.48. The van der Waals surface area contributed by atoms with Gasteiger partial charge in [-0.1, -0.05) is 74.9 Å². The van der Waals surface area contributed by atoms with Crippen molar-refractivity contribution in [3.63, 3.8) is 0 Å². The van der Waals surface area contributed by atoms with Crippen LogP contribution in [0.15, 0.2) is 54.6 Å². The molecule has 1 amide bonds. The Morgan fingerprint density at radius 2 is 1.60 bits per heavy atom. The molecule has 3 aromatic rings. The van der Waals surface area contributed by atoms with Crippen molar-refractivity contribution in [1.29, 1.82) is 0 Å². The fraction of sp³-hybridized carbons (Fsp3) is 0.238. The second kappa shape index (κ2) is 8.08. The van der Waals surface area contributed by atoms with Crippen LogP contribution in [-0.2, 0) is 11.2 Å². The van der Waals surface area contributed by atoms with Gasteiger partial charge in [0.15, 0.2) is 5.13 Å². The lowest BCUT2D eigenvalue weighted by Crippen LogP contribution is -2.08. The Morgan fingerprint density at radius 3 is 2.24 bits per heavy atom. The maximum Gasteiger partial charge on any atom is 0.225 e. The van der Waals surface area contributed by atoms with Crippen molar-refractivity contribution in [3.05, 3.63) is 59.5 Å². The molecule has 0 aliphatic carbocycles. The Bertz CT molecular complexity index is 838. The quantitative estimate of drug-likeness (QED) is 0.612. The number of aryl methyl sites for hydroxylation is 1. The summed E-state index contributed by atoms with van der Waals surface area (Å²) in [5, 5.41) is 3.58. The highest BCUT2D eigenvalue weighted by Crippen LogP contribution is 2.33. The molecule has 2 aromatic carbocycles. The number of aromatic nitrogens is 1. The number of rotatable bonds is 6. The van der Waals surface area contributed by atoms with Gasteiger partial charge in [0.2, 0.25) is 5.91 Å². The van der Waals surface area contributed by atoms with Crippen molar-refractivity contribution < 1.29 is 4.79 Å². The van der Waals surface area contributed by atoms with E-state index in [0.717, 1.165) is 24.1 Å². The molecular weight excluding hydrogens is 328 g/mol. The minimum Gasteiger partial charge on any atom is -0.302 e. The molecule has 0 unspecified atom stereocenters. The van der Waals surface area contributed by atoms with Gasteiger partial charge in [0.05, 0.1) is 5.69 Å². The highest BCUT2D eigenvalue weighted by molar-refractivity contribution is 7.16. The molecule has 0 spiro atoms. The van der Waals surface area contributed by atoms with Crippen LogP contribution in [0.1, 0.15) is 31.6 Å². The molecule has 3 nitrogen and oxygen atoms in total. The smallest absolute Gasteiger partial charge is 0.225 e. The van der Waals surface area contributed by atoms with E-state index in [0.29, 0.717) is 11.6 Å². The van der Waals surface area contributed by atoms with Crippen molar-refractivity contribution in [2.45, 2.75) is 33.1 Å². The standard InChI is InChI=1S/C21H22N2OS/c1-3-8-18-20(23-21(25-18)22-19(24)4-2)17-13-11-16(12-14-17)15-9-6-5-7-10-15/h5-7,9-14H,3-4,8H2,1-2H3,(H,22,23,24). The number of benzene rings is 2. The van der Waals surface area contributed by atoms with Gasteiger partial charge in [-0.3, -0.25) is 4.79 Å². The number of amides is 1. The Balaban J connectivity index is 1.90. The van der Waals surface area contributed by atoms with E-state index in [1.807, 2.05) is 25.1 Å². The summed E-state index contributed by atoms with van der Waals surface area (Å²) in [6, 6.07) is 18.8.